The maximum Gasteiger partial charge on any atom is 0.0696 e. The molecule has 0 spiro atoms. The van der Waals surface area contributed by atoms with E-state index < -0.39 is 5.60 Å². The van der Waals surface area contributed by atoms with Crippen LogP contribution in [-0.2, 0) is 0 Å². The minimum atomic E-state index is -0.531. The second-order valence-electron chi connectivity index (χ2n) is 3.48. The zero-order valence-corrected chi connectivity index (χ0v) is 7.53. The van der Waals surface area contributed by atoms with Crippen LogP contribution in [0.2, 0.25) is 0 Å². The van der Waals surface area contributed by atoms with Crippen molar-refractivity contribution in [3.05, 3.63) is 11.6 Å². The van der Waals surface area contributed by atoms with Gasteiger partial charge in [-0.2, -0.15) is 0 Å². The highest BCUT2D eigenvalue weighted by molar-refractivity contribution is 6.29. The fraction of sp³-hybridized carbons (Fsp3) is 0.778. The topological polar surface area (TPSA) is 20.2 Å². The first kappa shape index (κ1) is 9.08. The smallest absolute Gasteiger partial charge is 0.0696 e. The lowest BCUT2D eigenvalue weighted by molar-refractivity contribution is 0.00611. The van der Waals surface area contributed by atoms with Crippen molar-refractivity contribution in [2.45, 2.75) is 44.1 Å². The largest absolute Gasteiger partial charge is 0.390 e. The first-order chi connectivity index (χ1) is 5.12. The number of hydrogen-bond acceptors (Lipinski definition) is 1. The summed E-state index contributed by atoms with van der Waals surface area (Å²) in [5, 5.41) is 10.5. The van der Waals surface area contributed by atoms with Crippen molar-refractivity contribution in [1.82, 2.24) is 0 Å². The van der Waals surface area contributed by atoms with E-state index in [-0.39, 0.29) is 0 Å². The van der Waals surface area contributed by atoms with Crippen molar-refractivity contribution in [2.24, 2.45) is 0 Å². The zero-order chi connectivity index (χ0) is 8.32. The van der Waals surface area contributed by atoms with Crippen LogP contribution >= 0.6 is 11.6 Å². The van der Waals surface area contributed by atoms with E-state index in [0.29, 0.717) is 11.5 Å². The van der Waals surface area contributed by atoms with Crippen LogP contribution in [0.15, 0.2) is 11.6 Å². The quantitative estimate of drug-likeness (QED) is 0.683. The molecule has 1 N–H and O–H groups in total. The summed E-state index contributed by atoms with van der Waals surface area (Å²) in [6, 6.07) is 0. The van der Waals surface area contributed by atoms with Crippen molar-refractivity contribution in [3.63, 3.8) is 0 Å². The third-order valence-electron chi connectivity index (χ3n) is 2.31. The molecule has 1 aliphatic rings. The molecule has 0 radical (unpaired) electrons. The van der Waals surface area contributed by atoms with E-state index in [9.17, 15) is 5.11 Å². The van der Waals surface area contributed by atoms with Gasteiger partial charge in [0.15, 0.2) is 0 Å². The van der Waals surface area contributed by atoms with Gasteiger partial charge in [0.05, 0.1) is 5.60 Å². The molecule has 0 aliphatic heterocycles. The monoisotopic (exact) mass is 174 g/mol. The fourth-order valence-electron chi connectivity index (χ4n) is 1.74. The van der Waals surface area contributed by atoms with E-state index in [1.807, 2.05) is 0 Å². The maximum absolute atomic E-state index is 9.90. The minimum absolute atomic E-state index is 0.531. The van der Waals surface area contributed by atoms with Gasteiger partial charge in [0.2, 0.25) is 0 Å². The van der Waals surface area contributed by atoms with Gasteiger partial charge in [0, 0.05) is 11.5 Å². The highest BCUT2D eigenvalue weighted by atomic mass is 35.5. The van der Waals surface area contributed by atoms with Crippen LogP contribution in [0.1, 0.15) is 38.5 Å². The van der Waals surface area contributed by atoms with Crippen LogP contribution in [0.5, 0.6) is 0 Å². The molecule has 0 unspecified atom stereocenters. The fourth-order valence-corrected chi connectivity index (χ4v) is 1.99. The molecule has 0 amide bonds. The summed E-state index contributed by atoms with van der Waals surface area (Å²) in [6.45, 7) is 3.60. The predicted octanol–water partition coefficient (Wildman–Crippen LogP) is 2.82. The lowest BCUT2D eigenvalue weighted by Gasteiger charge is -2.31. The molecule has 0 heterocycles. The minimum Gasteiger partial charge on any atom is -0.390 e. The third-order valence-corrected chi connectivity index (χ3v) is 2.44. The molecular formula is C9H15ClO. The Bertz CT molecular complexity index is 148. The van der Waals surface area contributed by atoms with E-state index in [2.05, 4.69) is 6.58 Å². The Labute approximate surface area is 73.1 Å². The SMILES string of the molecule is C=C(Cl)CC1(O)CCCCC1. The zero-order valence-electron chi connectivity index (χ0n) is 6.77. The van der Waals surface area contributed by atoms with Crippen LogP contribution in [-0.4, -0.2) is 10.7 Å². The molecule has 11 heavy (non-hydrogen) atoms. The van der Waals surface area contributed by atoms with Crippen LogP contribution in [0.4, 0.5) is 0 Å². The standard InChI is InChI=1S/C9H15ClO/c1-8(10)7-9(11)5-3-2-4-6-9/h11H,1-7H2. The summed E-state index contributed by atoms with van der Waals surface area (Å²) in [5.41, 5.74) is -0.531. The molecule has 2 heteroatoms. The lowest BCUT2D eigenvalue weighted by atomic mass is 9.82. The Balaban J connectivity index is 2.43. The van der Waals surface area contributed by atoms with Crippen LogP contribution in [0, 0.1) is 0 Å². The highest BCUT2D eigenvalue weighted by Gasteiger charge is 2.29. The number of halogens is 1. The molecule has 0 aromatic carbocycles. The normalized spacial score (nSPS) is 23.1. The second-order valence-corrected chi connectivity index (χ2v) is 4.01. The molecule has 1 nitrogen and oxygen atoms in total. The summed E-state index contributed by atoms with van der Waals surface area (Å²) >= 11 is 5.65. The Hall–Kier alpha value is -0.0100. The van der Waals surface area contributed by atoms with Crippen molar-refractivity contribution in [2.75, 3.05) is 0 Å². The molecule has 1 fully saturated rings. The molecule has 64 valence electrons. The van der Waals surface area contributed by atoms with E-state index in [0.717, 1.165) is 25.7 Å². The van der Waals surface area contributed by atoms with Gasteiger partial charge in [-0.05, 0) is 12.8 Å². The molecular weight excluding hydrogens is 160 g/mol. The van der Waals surface area contributed by atoms with E-state index >= 15 is 0 Å². The first-order valence-corrected chi connectivity index (χ1v) is 4.56. The van der Waals surface area contributed by atoms with Crippen molar-refractivity contribution in [1.29, 1.82) is 0 Å². The van der Waals surface area contributed by atoms with Crippen molar-refractivity contribution < 1.29 is 5.11 Å². The molecule has 1 saturated carbocycles. The number of aliphatic hydroxyl groups is 1. The molecule has 0 atom stereocenters. The van der Waals surface area contributed by atoms with Gasteiger partial charge in [-0.25, -0.2) is 0 Å². The van der Waals surface area contributed by atoms with Gasteiger partial charge in [0.1, 0.15) is 0 Å². The average molecular weight is 175 g/mol. The first-order valence-electron chi connectivity index (χ1n) is 4.18. The molecule has 0 saturated heterocycles. The summed E-state index contributed by atoms with van der Waals surface area (Å²) in [5.74, 6) is 0. The van der Waals surface area contributed by atoms with Crippen molar-refractivity contribution >= 4 is 11.6 Å². The molecule has 0 aromatic rings. The number of hydrogen-bond donors (Lipinski definition) is 1. The third kappa shape index (κ3) is 2.84. The van der Waals surface area contributed by atoms with Gasteiger partial charge in [-0.1, -0.05) is 37.4 Å². The Morgan fingerprint density at radius 1 is 1.36 bits per heavy atom. The summed E-state index contributed by atoms with van der Waals surface area (Å²) < 4.78 is 0. The number of rotatable bonds is 2. The molecule has 1 aliphatic carbocycles. The van der Waals surface area contributed by atoms with Gasteiger partial charge < -0.3 is 5.11 Å². The van der Waals surface area contributed by atoms with Crippen LogP contribution in [0.3, 0.4) is 0 Å². The van der Waals surface area contributed by atoms with Gasteiger partial charge in [-0.15, -0.1) is 0 Å². The van der Waals surface area contributed by atoms with Gasteiger partial charge in [-0.3, -0.25) is 0 Å². The Morgan fingerprint density at radius 2 is 1.91 bits per heavy atom. The van der Waals surface area contributed by atoms with E-state index in [1.54, 1.807) is 0 Å². The Kier molecular flexibility index (Phi) is 2.97. The molecule has 0 aromatic heterocycles. The highest BCUT2D eigenvalue weighted by Crippen LogP contribution is 2.33. The van der Waals surface area contributed by atoms with Crippen molar-refractivity contribution in [3.8, 4) is 0 Å². The average Bonchev–Trinajstić information content (AvgIpc) is 1.85. The van der Waals surface area contributed by atoms with Crippen LogP contribution < -0.4 is 0 Å². The molecule has 1 rings (SSSR count). The lowest BCUT2D eigenvalue weighted by Crippen LogP contribution is -2.31. The van der Waals surface area contributed by atoms with Gasteiger partial charge >= 0.3 is 0 Å². The summed E-state index contributed by atoms with van der Waals surface area (Å²) in [6.07, 6.45) is 5.84. The Morgan fingerprint density at radius 3 is 2.36 bits per heavy atom. The molecule has 0 bridgehead atoms. The summed E-state index contributed by atoms with van der Waals surface area (Å²) in [7, 11) is 0. The second kappa shape index (κ2) is 3.59. The summed E-state index contributed by atoms with van der Waals surface area (Å²) in [4.78, 5) is 0. The van der Waals surface area contributed by atoms with Gasteiger partial charge in [0.25, 0.3) is 0 Å². The maximum atomic E-state index is 9.90. The van der Waals surface area contributed by atoms with E-state index in [4.69, 9.17) is 11.6 Å². The predicted molar refractivity (Wildman–Crippen MR) is 47.6 cm³/mol. The van der Waals surface area contributed by atoms with Crippen LogP contribution in [0.25, 0.3) is 0 Å². The van der Waals surface area contributed by atoms with E-state index in [1.165, 1.54) is 6.42 Å².